The third-order valence-corrected chi connectivity index (χ3v) is 7.76. The summed E-state index contributed by atoms with van der Waals surface area (Å²) in [4.78, 5) is 25.8. The van der Waals surface area contributed by atoms with Crippen LogP contribution in [0.15, 0.2) is 78.9 Å². The van der Waals surface area contributed by atoms with Gasteiger partial charge in [-0.2, -0.15) is 0 Å². The number of phenols is 2. The summed E-state index contributed by atoms with van der Waals surface area (Å²) in [7, 11) is -4.81. The quantitative estimate of drug-likeness (QED) is 0.366. The van der Waals surface area contributed by atoms with Crippen molar-refractivity contribution in [2.24, 2.45) is 0 Å². The second-order valence-corrected chi connectivity index (χ2v) is 10.1. The van der Waals surface area contributed by atoms with Gasteiger partial charge in [0, 0.05) is 23.1 Å². The molecule has 0 radical (unpaired) electrons. The molecule has 0 saturated carbocycles. The lowest BCUT2D eigenvalue weighted by Gasteiger charge is -2.26. The Labute approximate surface area is 199 Å². The SMILES string of the molecule is O=C1c2ccccc2C(=O)c2c1cc(NS(=O)(=O)C1(F)C=CC(c3ccccc3)=CC1)c(O)c2O. The van der Waals surface area contributed by atoms with Gasteiger partial charge in [-0.05, 0) is 23.3 Å². The number of alkyl halides is 1. The van der Waals surface area contributed by atoms with Crippen molar-refractivity contribution in [1.29, 1.82) is 0 Å². The molecule has 9 heteroatoms. The van der Waals surface area contributed by atoms with E-state index in [1.54, 1.807) is 36.4 Å². The molecule has 5 rings (SSSR count). The number of aromatic hydroxyl groups is 2. The zero-order chi connectivity index (χ0) is 25.0. The number of halogens is 1. The lowest BCUT2D eigenvalue weighted by atomic mass is 9.83. The zero-order valence-electron chi connectivity index (χ0n) is 18.0. The number of allylic oxidation sites excluding steroid dienone is 3. The molecule has 0 spiro atoms. The Kier molecular flexibility index (Phi) is 5.10. The molecule has 3 aromatic carbocycles. The maximum absolute atomic E-state index is 15.6. The molecule has 3 aromatic rings. The number of fused-ring (bicyclic) bond motifs is 2. The van der Waals surface area contributed by atoms with E-state index in [2.05, 4.69) is 0 Å². The highest BCUT2D eigenvalue weighted by Gasteiger charge is 2.44. The number of phenolic OH excluding ortho intramolecular Hbond substituents is 2. The van der Waals surface area contributed by atoms with Gasteiger partial charge >= 0.3 is 0 Å². The van der Waals surface area contributed by atoms with Crippen LogP contribution in [0.5, 0.6) is 11.5 Å². The molecule has 0 aliphatic heterocycles. The molecule has 176 valence electrons. The average Bonchev–Trinajstić information content (AvgIpc) is 2.86. The van der Waals surface area contributed by atoms with Gasteiger partial charge in [0.25, 0.3) is 15.0 Å². The molecular weight excluding hydrogens is 473 g/mol. The average molecular weight is 491 g/mol. The van der Waals surface area contributed by atoms with E-state index < -0.39 is 55.8 Å². The highest BCUT2D eigenvalue weighted by atomic mass is 32.2. The van der Waals surface area contributed by atoms with Crippen molar-refractivity contribution >= 4 is 32.9 Å². The summed E-state index contributed by atoms with van der Waals surface area (Å²) in [6.45, 7) is 0. The molecule has 1 unspecified atom stereocenters. The van der Waals surface area contributed by atoms with Gasteiger partial charge in [0.1, 0.15) is 0 Å². The second-order valence-electron chi connectivity index (χ2n) is 8.20. The van der Waals surface area contributed by atoms with Gasteiger partial charge in [0.05, 0.1) is 11.3 Å². The van der Waals surface area contributed by atoms with Gasteiger partial charge in [-0.25, -0.2) is 12.8 Å². The minimum Gasteiger partial charge on any atom is -0.504 e. The van der Waals surface area contributed by atoms with E-state index >= 15 is 4.39 Å². The van der Waals surface area contributed by atoms with Crippen molar-refractivity contribution in [3.05, 3.63) is 107 Å². The van der Waals surface area contributed by atoms with E-state index in [1.807, 2.05) is 10.8 Å². The Bertz CT molecular complexity index is 1580. The zero-order valence-corrected chi connectivity index (χ0v) is 18.8. The topological polar surface area (TPSA) is 121 Å². The van der Waals surface area contributed by atoms with Crippen LogP contribution in [0.4, 0.5) is 10.1 Å². The summed E-state index contributed by atoms with van der Waals surface area (Å²) in [6, 6.07) is 15.9. The first-order chi connectivity index (χ1) is 16.6. The fourth-order valence-electron chi connectivity index (χ4n) is 4.18. The third-order valence-electron chi connectivity index (χ3n) is 6.07. The molecule has 2 aliphatic carbocycles. The van der Waals surface area contributed by atoms with E-state index in [9.17, 15) is 28.2 Å². The van der Waals surface area contributed by atoms with Gasteiger partial charge in [-0.15, -0.1) is 0 Å². The van der Waals surface area contributed by atoms with Crippen LogP contribution in [0, 0.1) is 0 Å². The normalized spacial score (nSPS) is 19.1. The van der Waals surface area contributed by atoms with E-state index in [0.717, 1.165) is 17.7 Å². The fraction of sp³-hybridized carbons (Fsp3) is 0.0769. The Morgan fingerprint density at radius 2 is 1.49 bits per heavy atom. The summed E-state index contributed by atoms with van der Waals surface area (Å²) in [6.07, 6.45) is 3.18. The minimum absolute atomic E-state index is 0.0455. The van der Waals surface area contributed by atoms with Crippen molar-refractivity contribution < 1.29 is 32.6 Å². The molecule has 35 heavy (non-hydrogen) atoms. The lowest BCUT2D eigenvalue weighted by Crippen LogP contribution is -2.37. The molecule has 0 heterocycles. The van der Waals surface area contributed by atoms with Gasteiger partial charge in [-0.1, -0.05) is 66.7 Å². The molecule has 0 fully saturated rings. The second kappa shape index (κ2) is 7.92. The fourth-order valence-corrected chi connectivity index (χ4v) is 5.34. The van der Waals surface area contributed by atoms with Gasteiger partial charge in [0.2, 0.25) is 0 Å². The maximum atomic E-state index is 15.6. The standard InChI is InChI=1S/C26H18FNO6S/c27-26(12-10-16(11-13-26)15-6-2-1-3-7-15)35(33,34)28-20-14-19-21(25(32)24(20)31)23(30)18-9-5-4-8-17(18)22(19)29/h1-12,14,28,31-32H,13H2. The molecule has 2 aliphatic rings. The monoisotopic (exact) mass is 491 g/mol. The summed E-state index contributed by atoms with van der Waals surface area (Å²) in [5, 5.41) is 18.1. The predicted molar refractivity (Wildman–Crippen MR) is 128 cm³/mol. The Balaban J connectivity index is 1.50. The van der Waals surface area contributed by atoms with Crippen LogP contribution in [0.3, 0.4) is 0 Å². The smallest absolute Gasteiger partial charge is 0.272 e. The molecule has 0 aromatic heterocycles. The molecule has 7 nitrogen and oxygen atoms in total. The van der Waals surface area contributed by atoms with Crippen LogP contribution in [-0.4, -0.2) is 35.2 Å². The molecule has 1 atom stereocenters. The number of ketones is 2. The van der Waals surface area contributed by atoms with Crippen LogP contribution in [0.1, 0.15) is 43.8 Å². The van der Waals surface area contributed by atoms with Crippen LogP contribution in [0.25, 0.3) is 5.57 Å². The maximum Gasteiger partial charge on any atom is 0.272 e. The highest BCUT2D eigenvalue weighted by Crippen LogP contribution is 2.44. The van der Waals surface area contributed by atoms with Crippen molar-refractivity contribution in [3.63, 3.8) is 0 Å². The molecule has 3 N–H and O–H groups in total. The Hall–Kier alpha value is -4.24. The van der Waals surface area contributed by atoms with E-state index in [-0.39, 0.29) is 16.7 Å². The van der Waals surface area contributed by atoms with E-state index in [0.29, 0.717) is 5.57 Å². The van der Waals surface area contributed by atoms with Crippen LogP contribution < -0.4 is 4.72 Å². The van der Waals surface area contributed by atoms with Crippen molar-refractivity contribution in [1.82, 2.24) is 0 Å². The minimum atomic E-state index is -4.81. The first kappa shape index (κ1) is 22.5. The number of carbonyl (C=O) groups is 2. The summed E-state index contributed by atoms with van der Waals surface area (Å²) >= 11 is 0. The van der Waals surface area contributed by atoms with Crippen molar-refractivity contribution in [2.45, 2.75) is 11.4 Å². The summed E-state index contributed by atoms with van der Waals surface area (Å²) in [5.74, 6) is -3.30. The first-order valence-corrected chi connectivity index (χ1v) is 12.0. The van der Waals surface area contributed by atoms with E-state index in [1.165, 1.54) is 24.3 Å². The molecular formula is C26H18FNO6S. The largest absolute Gasteiger partial charge is 0.504 e. The van der Waals surface area contributed by atoms with Crippen LogP contribution >= 0.6 is 0 Å². The van der Waals surface area contributed by atoms with Crippen molar-refractivity contribution in [3.8, 4) is 11.5 Å². The highest BCUT2D eigenvalue weighted by molar-refractivity contribution is 7.94. The molecule has 0 amide bonds. The van der Waals surface area contributed by atoms with Crippen LogP contribution in [0.2, 0.25) is 0 Å². The third kappa shape index (κ3) is 3.52. The summed E-state index contributed by atoms with van der Waals surface area (Å²) in [5.41, 5.74) is 0.175. The number of rotatable bonds is 4. The number of benzene rings is 3. The molecule has 0 bridgehead atoms. The molecule has 0 saturated heterocycles. The predicted octanol–water partition coefficient (Wildman–Crippen LogP) is 4.32. The first-order valence-electron chi connectivity index (χ1n) is 10.6. The summed E-state index contributed by atoms with van der Waals surface area (Å²) < 4.78 is 43.5. The number of hydrogen-bond acceptors (Lipinski definition) is 6. The number of hydrogen-bond donors (Lipinski definition) is 3. The number of carbonyl (C=O) groups excluding carboxylic acids is 2. The Morgan fingerprint density at radius 1 is 0.857 bits per heavy atom. The van der Waals surface area contributed by atoms with Gasteiger partial charge < -0.3 is 10.2 Å². The van der Waals surface area contributed by atoms with Crippen LogP contribution in [-0.2, 0) is 10.0 Å². The number of anilines is 1. The lowest BCUT2D eigenvalue weighted by molar-refractivity contribution is 0.0976. The van der Waals surface area contributed by atoms with Gasteiger partial charge in [0.15, 0.2) is 23.1 Å². The number of sulfonamides is 1. The van der Waals surface area contributed by atoms with Crippen molar-refractivity contribution in [2.75, 3.05) is 4.72 Å². The number of nitrogens with one attached hydrogen (secondary N) is 1. The Morgan fingerprint density at radius 3 is 2.11 bits per heavy atom. The van der Waals surface area contributed by atoms with Gasteiger partial charge in [-0.3, -0.25) is 14.3 Å². The van der Waals surface area contributed by atoms with E-state index in [4.69, 9.17) is 0 Å².